The summed E-state index contributed by atoms with van der Waals surface area (Å²) in [6.07, 6.45) is 2.30. The summed E-state index contributed by atoms with van der Waals surface area (Å²) in [5.74, 6) is 6.85. The van der Waals surface area contributed by atoms with Crippen LogP contribution in [-0.4, -0.2) is 34.0 Å². The number of aromatic nitrogens is 3. The number of methoxy groups -OCH3 is 1. The van der Waals surface area contributed by atoms with Gasteiger partial charge in [0.25, 0.3) is 0 Å². The van der Waals surface area contributed by atoms with Gasteiger partial charge < -0.3 is 4.74 Å². The molecule has 0 bridgehead atoms. The molecule has 6 nitrogen and oxygen atoms in total. The van der Waals surface area contributed by atoms with Crippen LogP contribution in [0.25, 0.3) is 0 Å². The highest BCUT2D eigenvalue weighted by Crippen LogP contribution is 2.13. The number of ether oxygens (including phenoxy) is 1. The van der Waals surface area contributed by atoms with E-state index < -0.39 is 0 Å². The molecule has 2 atom stereocenters. The highest BCUT2D eigenvalue weighted by atomic mass is 16.5. The van der Waals surface area contributed by atoms with E-state index in [0.717, 1.165) is 5.82 Å². The van der Waals surface area contributed by atoms with Crippen LogP contribution in [0.2, 0.25) is 0 Å². The fourth-order valence-corrected chi connectivity index (χ4v) is 1.87. The van der Waals surface area contributed by atoms with E-state index in [1.807, 2.05) is 7.05 Å². The van der Waals surface area contributed by atoms with Gasteiger partial charge in [-0.2, -0.15) is 5.10 Å². The van der Waals surface area contributed by atoms with Crippen LogP contribution in [0.4, 0.5) is 0 Å². The third-order valence-electron chi connectivity index (χ3n) is 2.75. The molecule has 0 fully saturated rings. The predicted octanol–water partition coefficient (Wildman–Crippen LogP) is -0.139. The maximum atomic E-state index is 5.57. The van der Waals surface area contributed by atoms with Gasteiger partial charge in [0.05, 0.1) is 12.1 Å². The van der Waals surface area contributed by atoms with E-state index in [0.29, 0.717) is 12.3 Å². The van der Waals surface area contributed by atoms with Crippen LogP contribution in [-0.2, 0) is 18.2 Å². The van der Waals surface area contributed by atoms with E-state index >= 15 is 0 Å². The second-order valence-electron chi connectivity index (χ2n) is 4.22. The minimum absolute atomic E-state index is 0.0351. The summed E-state index contributed by atoms with van der Waals surface area (Å²) in [5.41, 5.74) is 2.79. The lowest BCUT2D eigenvalue weighted by Crippen LogP contribution is -2.48. The number of nitrogens with two attached hydrogens (primary N) is 1. The Labute approximate surface area is 96.2 Å². The van der Waals surface area contributed by atoms with Crippen molar-refractivity contribution >= 4 is 0 Å². The van der Waals surface area contributed by atoms with E-state index in [9.17, 15) is 0 Å². The van der Waals surface area contributed by atoms with Gasteiger partial charge in [0.2, 0.25) is 0 Å². The molecule has 0 amide bonds. The largest absolute Gasteiger partial charge is 0.379 e. The zero-order valence-electron chi connectivity index (χ0n) is 10.3. The average Bonchev–Trinajstić information content (AvgIpc) is 2.63. The Morgan fingerprint density at radius 1 is 1.56 bits per heavy atom. The number of nitrogens with zero attached hydrogens (tertiary/aromatic N) is 3. The lowest BCUT2D eigenvalue weighted by Gasteiger charge is -2.28. The number of hydrogen-bond acceptors (Lipinski definition) is 5. The van der Waals surface area contributed by atoms with Crippen LogP contribution in [0.3, 0.4) is 0 Å². The summed E-state index contributed by atoms with van der Waals surface area (Å²) in [6.45, 7) is 4.21. The van der Waals surface area contributed by atoms with Crippen molar-refractivity contribution in [1.82, 2.24) is 20.2 Å². The maximum Gasteiger partial charge on any atom is 0.138 e. The van der Waals surface area contributed by atoms with Crippen molar-refractivity contribution in [2.75, 3.05) is 7.11 Å². The maximum absolute atomic E-state index is 5.57. The van der Waals surface area contributed by atoms with Gasteiger partial charge >= 0.3 is 0 Å². The Bertz CT molecular complexity index is 312. The van der Waals surface area contributed by atoms with Crippen LogP contribution >= 0.6 is 0 Å². The second-order valence-corrected chi connectivity index (χ2v) is 4.22. The zero-order valence-corrected chi connectivity index (χ0v) is 10.3. The molecule has 0 aliphatic carbocycles. The molecule has 1 aromatic heterocycles. The fourth-order valence-electron chi connectivity index (χ4n) is 1.87. The Morgan fingerprint density at radius 3 is 2.62 bits per heavy atom. The molecule has 16 heavy (non-hydrogen) atoms. The fraction of sp³-hybridized carbons (Fsp3) is 0.800. The predicted molar refractivity (Wildman–Crippen MR) is 61.5 cm³/mol. The first-order chi connectivity index (χ1) is 7.60. The van der Waals surface area contributed by atoms with Gasteiger partial charge in [-0.1, -0.05) is 13.8 Å². The molecular formula is C10H21N5O. The molecule has 3 N–H and O–H groups in total. The Morgan fingerprint density at radius 2 is 2.25 bits per heavy atom. The van der Waals surface area contributed by atoms with E-state index in [2.05, 4.69) is 29.4 Å². The van der Waals surface area contributed by atoms with Crippen molar-refractivity contribution in [2.24, 2.45) is 18.8 Å². The summed E-state index contributed by atoms with van der Waals surface area (Å²) in [6, 6.07) is 0.0351. The smallest absolute Gasteiger partial charge is 0.138 e. The quantitative estimate of drug-likeness (QED) is 0.522. The lowest BCUT2D eigenvalue weighted by molar-refractivity contribution is 0.0324. The normalized spacial score (nSPS) is 15.4. The van der Waals surface area contributed by atoms with E-state index in [4.69, 9.17) is 10.6 Å². The highest BCUT2D eigenvalue weighted by Gasteiger charge is 2.24. The topological polar surface area (TPSA) is 78.0 Å². The summed E-state index contributed by atoms with van der Waals surface area (Å²) in [5, 5.41) is 4.03. The van der Waals surface area contributed by atoms with E-state index in [1.54, 1.807) is 18.1 Å². The average molecular weight is 227 g/mol. The van der Waals surface area contributed by atoms with Crippen molar-refractivity contribution in [1.29, 1.82) is 0 Å². The summed E-state index contributed by atoms with van der Waals surface area (Å²) < 4.78 is 7.20. The highest BCUT2D eigenvalue weighted by molar-refractivity contribution is 4.92. The first-order valence-corrected chi connectivity index (χ1v) is 5.42. The van der Waals surface area contributed by atoms with Gasteiger partial charge in [-0.15, -0.1) is 0 Å². The van der Waals surface area contributed by atoms with Gasteiger partial charge in [-0.05, 0) is 5.92 Å². The summed E-state index contributed by atoms with van der Waals surface area (Å²) >= 11 is 0. The van der Waals surface area contributed by atoms with Crippen molar-refractivity contribution in [3.63, 3.8) is 0 Å². The number of aryl methyl sites for hydroxylation is 1. The summed E-state index contributed by atoms with van der Waals surface area (Å²) in [7, 11) is 3.57. The molecule has 2 unspecified atom stereocenters. The van der Waals surface area contributed by atoms with Gasteiger partial charge in [0.15, 0.2) is 0 Å². The first-order valence-electron chi connectivity index (χ1n) is 5.42. The number of nitrogens with one attached hydrogen (secondary N) is 1. The third kappa shape index (κ3) is 3.01. The van der Waals surface area contributed by atoms with Gasteiger partial charge in [0.1, 0.15) is 12.2 Å². The molecule has 92 valence electrons. The molecule has 1 rings (SSSR count). The van der Waals surface area contributed by atoms with Crippen molar-refractivity contribution in [3.8, 4) is 0 Å². The van der Waals surface area contributed by atoms with Crippen molar-refractivity contribution in [2.45, 2.75) is 32.4 Å². The molecule has 0 aliphatic heterocycles. The van der Waals surface area contributed by atoms with E-state index in [-0.39, 0.29) is 12.1 Å². The minimum Gasteiger partial charge on any atom is -0.379 e. The van der Waals surface area contributed by atoms with Crippen LogP contribution in [0.5, 0.6) is 0 Å². The number of hydrazine groups is 1. The van der Waals surface area contributed by atoms with Crippen molar-refractivity contribution in [3.05, 3.63) is 12.2 Å². The van der Waals surface area contributed by atoms with Crippen LogP contribution in [0, 0.1) is 5.92 Å². The van der Waals surface area contributed by atoms with Gasteiger partial charge in [-0.3, -0.25) is 16.0 Å². The third-order valence-corrected chi connectivity index (χ3v) is 2.75. The number of hydrogen-bond donors (Lipinski definition) is 2. The van der Waals surface area contributed by atoms with Gasteiger partial charge in [0, 0.05) is 20.6 Å². The van der Waals surface area contributed by atoms with Crippen LogP contribution < -0.4 is 11.3 Å². The van der Waals surface area contributed by atoms with Crippen LogP contribution in [0.1, 0.15) is 19.7 Å². The summed E-state index contributed by atoms with van der Waals surface area (Å²) in [4.78, 5) is 4.18. The Hall–Kier alpha value is -0.980. The monoisotopic (exact) mass is 227 g/mol. The zero-order chi connectivity index (χ0) is 12.1. The Kier molecular flexibility index (Phi) is 4.85. The molecule has 0 saturated carbocycles. The molecule has 0 spiro atoms. The first kappa shape index (κ1) is 13.1. The molecule has 0 radical (unpaired) electrons. The van der Waals surface area contributed by atoms with Gasteiger partial charge in [-0.25, -0.2) is 4.98 Å². The molecule has 6 heteroatoms. The Balaban J connectivity index is 2.71. The standard InChI is InChI=1S/C10H21N5O/c1-7(2)10(16-4)8(14-11)5-9-12-6-13-15(9)3/h6-8,10,14H,5,11H2,1-4H3. The van der Waals surface area contributed by atoms with E-state index in [1.165, 1.54) is 0 Å². The van der Waals surface area contributed by atoms with Crippen LogP contribution in [0.15, 0.2) is 6.33 Å². The molecule has 0 saturated heterocycles. The molecule has 0 aliphatic rings. The molecule has 0 aromatic carbocycles. The second kappa shape index (κ2) is 5.93. The lowest BCUT2D eigenvalue weighted by atomic mass is 9.97. The molecule has 1 aromatic rings. The molecule has 1 heterocycles. The van der Waals surface area contributed by atoms with Crippen molar-refractivity contribution < 1.29 is 4.74 Å². The number of rotatable bonds is 6. The minimum atomic E-state index is 0.0351. The SMILES string of the molecule is COC(C(C)C)C(Cc1ncnn1C)NN. The molecular weight excluding hydrogens is 206 g/mol.